The maximum Gasteiger partial charge on any atom is 0.282 e. The number of ether oxygens (including phenoxy) is 2. The highest BCUT2D eigenvalue weighted by atomic mass is 32.2. The molecule has 0 saturated carbocycles. The minimum absolute atomic E-state index is 0.154. The molecular formula is C15H22N4O5S. The van der Waals surface area contributed by atoms with Crippen molar-refractivity contribution in [1.82, 2.24) is 18.5 Å². The van der Waals surface area contributed by atoms with E-state index in [1.807, 2.05) is 0 Å². The average molecular weight is 370 g/mol. The third kappa shape index (κ3) is 3.92. The van der Waals surface area contributed by atoms with Gasteiger partial charge in [-0.2, -0.15) is 17.0 Å². The van der Waals surface area contributed by atoms with Crippen molar-refractivity contribution >= 4 is 16.1 Å². The van der Waals surface area contributed by atoms with E-state index in [1.54, 1.807) is 17.0 Å². The standard InChI is InChI=1S/C15H22N4O5S/c1-23-14-3-2-13(12-16-14)15(20)17-4-6-18(7-5-17)25(21,22)19-8-10-24-11-9-19/h2-3,12H,4-11H2,1H3. The lowest BCUT2D eigenvalue weighted by molar-refractivity contribution is 0.0636. The van der Waals surface area contributed by atoms with Crippen LogP contribution in [0.5, 0.6) is 5.88 Å². The summed E-state index contributed by atoms with van der Waals surface area (Å²) in [5.74, 6) is 0.288. The Morgan fingerprint density at radius 1 is 1.08 bits per heavy atom. The fraction of sp³-hybridized carbons (Fsp3) is 0.600. The second kappa shape index (κ2) is 7.65. The van der Waals surface area contributed by atoms with Gasteiger partial charge in [-0.05, 0) is 6.07 Å². The topological polar surface area (TPSA) is 92.3 Å². The predicted molar refractivity (Wildman–Crippen MR) is 89.6 cm³/mol. The molecule has 0 unspecified atom stereocenters. The van der Waals surface area contributed by atoms with Crippen molar-refractivity contribution in [3.8, 4) is 5.88 Å². The second-order valence-electron chi connectivity index (χ2n) is 5.80. The fourth-order valence-corrected chi connectivity index (χ4v) is 4.43. The number of nitrogens with zero attached hydrogens (tertiary/aromatic N) is 4. The van der Waals surface area contributed by atoms with Gasteiger partial charge in [0, 0.05) is 51.5 Å². The highest BCUT2D eigenvalue weighted by molar-refractivity contribution is 7.86. The summed E-state index contributed by atoms with van der Waals surface area (Å²) in [4.78, 5) is 18.2. The number of aromatic nitrogens is 1. The maximum atomic E-state index is 12.6. The van der Waals surface area contributed by atoms with Crippen LogP contribution in [0.1, 0.15) is 10.4 Å². The number of hydrogen-bond acceptors (Lipinski definition) is 6. The Morgan fingerprint density at radius 3 is 2.28 bits per heavy atom. The van der Waals surface area contributed by atoms with Crippen LogP contribution in [0.4, 0.5) is 0 Å². The number of carbonyl (C=O) groups is 1. The van der Waals surface area contributed by atoms with Crippen LogP contribution >= 0.6 is 0 Å². The van der Waals surface area contributed by atoms with Gasteiger partial charge in [0.05, 0.1) is 25.9 Å². The predicted octanol–water partition coefficient (Wildman–Crippen LogP) is -0.575. The van der Waals surface area contributed by atoms with E-state index in [2.05, 4.69) is 4.98 Å². The molecule has 3 heterocycles. The number of methoxy groups -OCH3 is 1. The van der Waals surface area contributed by atoms with E-state index in [4.69, 9.17) is 9.47 Å². The Kier molecular flexibility index (Phi) is 5.52. The lowest BCUT2D eigenvalue weighted by Gasteiger charge is -2.37. The number of piperazine rings is 1. The number of carbonyl (C=O) groups excluding carboxylic acids is 1. The molecule has 0 aromatic carbocycles. The lowest BCUT2D eigenvalue weighted by Crippen LogP contribution is -2.55. The van der Waals surface area contributed by atoms with Crippen LogP contribution in [-0.4, -0.2) is 92.4 Å². The van der Waals surface area contributed by atoms with Crippen LogP contribution in [0, 0.1) is 0 Å². The van der Waals surface area contributed by atoms with Crippen molar-refractivity contribution in [2.24, 2.45) is 0 Å². The molecule has 1 aromatic rings. The molecule has 2 aliphatic rings. The SMILES string of the molecule is COc1ccc(C(=O)N2CCN(S(=O)(=O)N3CCOCC3)CC2)cn1. The first-order valence-electron chi connectivity index (χ1n) is 8.14. The summed E-state index contributed by atoms with van der Waals surface area (Å²) in [6.45, 7) is 2.87. The molecule has 2 fully saturated rings. The van der Waals surface area contributed by atoms with E-state index in [0.717, 1.165) is 0 Å². The highest BCUT2D eigenvalue weighted by Crippen LogP contribution is 2.16. The third-order valence-electron chi connectivity index (χ3n) is 4.34. The van der Waals surface area contributed by atoms with Gasteiger partial charge in [-0.3, -0.25) is 4.79 Å². The van der Waals surface area contributed by atoms with Gasteiger partial charge in [-0.1, -0.05) is 0 Å². The summed E-state index contributed by atoms with van der Waals surface area (Å²) in [5.41, 5.74) is 0.463. The van der Waals surface area contributed by atoms with Crippen molar-refractivity contribution in [1.29, 1.82) is 0 Å². The van der Waals surface area contributed by atoms with Crippen molar-refractivity contribution in [2.45, 2.75) is 0 Å². The molecule has 10 heteroatoms. The fourth-order valence-electron chi connectivity index (χ4n) is 2.87. The van der Waals surface area contributed by atoms with Crippen LogP contribution in [-0.2, 0) is 14.9 Å². The van der Waals surface area contributed by atoms with Gasteiger partial charge in [-0.15, -0.1) is 0 Å². The van der Waals surface area contributed by atoms with Gasteiger partial charge in [0.15, 0.2) is 0 Å². The van der Waals surface area contributed by atoms with Gasteiger partial charge in [-0.25, -0.2) is 4.98 Å². The van der Waals surface area contributed by atoms with Crippen LogP contribution in [0.15, 0.2) is 18.3 Å². The van der Waals surface area contributed by atoms with Crippen molar-refractivity contribution in [3.05, 3.63) is 23.9 Å². The minimum Gasteiger partial charge on any atom is -0.481 e. The summed E-state index contributed by atoms with van der Waals surface area (Å²) < 4.78 is 38.3. The molecule has 0 radical (unpaired) electrons. The summed E-state index contributed by atoms with van der Waals surface area (Å²) in [7, 11) is -1.98. The van der Waals surface area contributed by atoms with Gasteiger partial charge in [0.2, 0.25) is 5.88 Å². The largest absolute Gasteiger partial charge is 0.481 e. The number of rotatable bonds is 4. The van der Waals surface area contributed by atoms with Crippen LogP contribution in [0.3, 0.4) is 0 Å². The Labute approximate surface area is 147 Å². The van der Waals surface area contributed by atoms with E-state index in [-0.39, 0.29) is 19.0 Å². The quantitative estimate of drug-likeness (QED) is 0.705. The zero-order valence-corrected chi connectivity index (χ0v) is 14.9. The maximum absolute atomic E-state index is 12.6. The molecule has 0 bridgehead atoms. The molecule has 1 amide bonds. The number of hydrogen-bond donors (Lipinski definition) is 0. The van der Waals surface area contributed by atoms with E-state index in [1.165, 1.54) is 21.9 Å². The summed E-state index contributed by atoms with van der Waals surface area (Å²) in [5, 5.41) is 0. The molecule has 0 N–H and O–H groups in total. The molecule has 3 rings (SSSR count). The Morgan fingerprint density at radius 2 is 1.72 bits per heavy atom. The highest BCUT2D eigenvalue weighted by Gasteiger charge is 2.34. The molecular weight excluding hydrogens is 348 g/mol. The van der Waals surface area contributed by atoms with Gasteiger partial charge >= 0.3 is 0 Å². The second-order valence-corrected chi connectivity index (χ2v) is 7.73. The number of amides is 1. The molecule has 0 atom stereocenters. The molecule has 138 valence electrons. The van der Waals surface area contributed by atoms with E-state index >= 15 is 0 Å². The number of pyridine rings is 1. The Hall–Kier alpha value is -1.75. The summed E-state index contributed by atoms with van der Waals surface area (Å²) >= 11 is 0. The smallest absolute Gasteiger partial charge is 0.282 e. The molecule has 2 saturated heterocycles. The zero-order valence-electron chi connectivity index (χ0n) is 14.1. The van der Waals surface area contributed by atoms with Crippen molar-refractivity contribution in [3.63, 3.8) is 0 Å². The van der Waals surface area contributed by atoms with E-state index in [0.29, 0.717) is 50.8 Å². The average Bonchev–Trinajstić information content (AvgIpc) is 2.68. The summed E-state index contributed by atoms with van der Waals surface area (Å²) in [6, 6.07) is 3.29. The summed E-state index contributed by atoms with van der Waals surface area (Å²) in [6.07, 6.45) is 1.47. The van der Waals surface area contributed by atoms with Crippen LogP contribution in [0.2, 0.25) is 0 Å². The first-order chi connectivity index (χ1) is 12.0. The van der Waals surface area contributed by atoms with Gasteiger partial charge < -0.3 is 14.4 Å². The molecule has 2 aliphatic heterocycles. The van der Waals surface area contributed by atoms with Crippen molar-refractivity contribution < 1.29 is 22.7 Å². The normalized spacial score (nSPS) is 20.4. The number of morpholine rings is 1. The molecule has 9 nitrogen and oxygen atoms in total. The first kappa shape index (κ1) is 18.1. The monoisotopic (exact) mass is 370 g/mol. The molecule has 1 aromatic heterocycles. The molecule has 25 heavy (non-hydrogen) atoms. The van der Waals surface area contributed by atoms with E-state index in [9.17, 15) is 13.2 Å². The van der Waals surface area contributed by atoms with Gasteiger partial charge in [0.1, 0.15) is 0 Å². The van der Waals surface area contributed by atoms with Crippen LogP contribution in [0.25, 0.3) is 0 Å². The van der Waals surface area contributed by atoms with Crippen molar-refractivity contribution in [2.75, 3.05) is 59.6 Å². The van der Waals surface area contributed by atoms with Crippen LogP contribution < -0.4 is 4.74 Å². The zero-order chi connectivity index (χ0) is 17.9. The minimum atomic E-state index is -3.49. The third-order valence-corrected chi connectivity index (χ3v) is 6.38. The molecule has 0 aliphatic carbocycles. The van der Waals surface area contributed by atoms with Gasteiger partial charge in [0.25, 0.3) is 16.1 Å². The Balaban J connectivity index is 1.60. The first-order valence-corrected chi connectivity index (χ1v) is 9.54. The molecule has 0 spiro atoms. The van der Waals surface area contributed by atoms with E-state index < -0.39 is 10.2 Å². The lowest BCUT2D eigenvalue weighted by atomic mass is 10.2. The Bertz CT molecular complexity index is 695.